The lowest BCUT2D eigenvalue weighted by Gasteiger charge is -2.22. The molecule has 1 unspecified atom stereocenters. The number of imidazole rings is 1. The molecular formula is C49H34N2. The summed E-state index contributed by atoms with van der Waals surface area (Å²) in [5, 5.41) is 7.58. The quantitative estimate of drug-likeness (QED) is 0.170. The maximum absolute atomic E-state index is 5.09. The second-order valence-corrected chi connectivity index (χ2v) is 13.5. The first-order chi connectivity index (χ1) is 25.3. The first-order valence-corrected chi connectivity index (χ1v) is 17.7. The molecule has 0 bridgehead atoms. The Kier molecular flexibility index (Phi) is 6.99. The van der Waals surface area contributed by atoms with E-state index in [1.54, 1.807) is 0 Å². The fourth-order valence-electron chi connectivity index (χ4n) is 8.12. The monoisotopic (exact) mass is 650 g/mol. The van der Waals surface area contributed by atoms with E-state index in [4.69, 9.17) is 4.98 Å². The molecule has 1 atom stereocenters. The van der Waals surface area contributed by atoms with Gasteiger partial charge in [0.25, 0.3) is 0 Å². The van der Waals surface area contributed by atoms with Gasteiger partial charge in [0.15, 0.2) is 0 Å². The lowest BCUT2D eigenvalue weighted by atomic mass is 9.84. The number of benzene rings is 8. The van der Waals surface area contributed by atoms with Crippen molar-refractivity contribution in [3.05, 3.63) is 194 Å². The van der Waals surface area contributed by atoms with E-state index in [1.807, 2.05) is 0 Å². The van der Waals surface area contributed by atoms with Crippen LogP contribution >= 0.6 is 0 Å². The Bertz CT molecular complexity index is 2820. The van der Waals surface area contributed by atoms with E-state index in [2.05, 4.69) is 193 Å². The molecule has 1 heterocycles. The van der Waals surface area contributed by atoms with Gasteiger partial charge in [0, 0.05) is 5.56 Å². The van der Waals surface area contributed by atoms with Crippen molar-refractivity contribution in [2.45, 2.75) is 12.5 Å². The van der Waals surface area contributed by atoms with Crippen LogP contribution in [0.25, 0.3) is 82.6 Å². The average Bonchev–Trinajstić information content (AvgIpc) is 3.60. The van der Waals surface area contributed by atoms with Gasteiger partial charge in [0.2, 0.25) is 0 Å². The molecule has 0 saturated carbocycles. The number of hydrogen-bond acceptors (Lipinski definition) is 1. The van der Waals surface area contributed by atoms with Crippen LogP contribution in [0.2, 0.25) is 0 Å². The molecule has 0 radical (unpaired) electrons. The summed E-state index contributed by atoms with van der Waals surface area (Å²) in [6.45, 7) is 0. The molecule has 2 heteroatoms. The van der Waals surface area contributed by atoms with Crippen LogP contribution in [0, 0.1) is 0 Å². The van der Waals surface area contributed by atoms with Crippen molar-refractivity contribution in [3.63, 3.8) is 0 Å². The molecule has 1 aromatic heterocycles. The van der Waals surface area contributed by atoms with Gasteiger partial charge in [-0.1, -0.05) is 164 Å². The van der Waals surface area contributed by atoms with Crippen molar-refractivity contribution in [3.8, 4) is 33.6 Å². The van der Waals surface area contributed by atoms with Crippen LogP contribution < -0.4 is 0 Å². The largest absolute Gasteiger partial charge is 0.317 e. The van der Waals surface area contributed by atoms with Crippen molar-refractivity contribution < 1.29 is 0 Å². The zero-order valence-electron chi connectivity index (χ0n) is 28.1. The molecule has 2 nitrogen and oxygen atoms in total. The summed E-state index contributed by atoms with van der Waals surface area (Å²) < 4.78 is 2.41. The predicted molar refractivity (Wildman–Crippen MR) is 216 cm³/mol. The van der Waals surface area contributed by atoms with E-state index in [-0.39, 0.29) is 6.04 Å². The summed E-state index contributed by atoms with van der Waals surface area (Å²) in [6, 6.07) is 61.6. The number of nitrogens with zero attached hydrogens (tertiary/aromatic N) is 2. The summed E-state index contributed by atoms with van der Waals surface area (Å²) >= 11 is 0. The third-order valence-corrected chi connectivity index (χ3v) is 10.5. The van der Waals surface area contributed by atoms with Gasteiger partial charge in [-0.3, -0.25) is 0 Å². The van der Waals surface area contributed by atoms with E-state index in [0.29, 0.717) is 0 Å². The minimum atomic E-state index is 0.167. The molecule has 1 aliphatic rings. The Labute approximate surface area is 297 Å². The molecule has 0 spiro atoms. The van der Waals surface area contributed by atoms with Crippen LogP contribution in [0.15, 0.2) is 188 Å². The first-order valence-electron chi connectivity index (χ1n) is 17.7. The van der Waals surface area contributed by atoms with Crippen LogP contribution in [0.4, 0.5) is 0 Å². The number of aromatic nitrogens is 2. The third kappa shape index (κ3) is 4.99. The zero-order chi connectivity index (χ0) is 33.7. The number of rotatable bonds is 5. The molecule has 0 aliphatic heterocycles. The van der Waals surface area contributed by atoms with Gasteiger partial charge in [-0.15, -0.1) is 0 Å². The Morgan fingerprint density at radius 1 is 0.471 bits per heavy atom. The van der Waals surface area contributed by atoms with Crippen molar-refractivity contribution >= 4 is 48.9 Å². The molecule has 10 rings (SSSR count). The molecule has 0 N–H and O–H groups in total. The van der Waals surface area contributed by atoms with Crippen LogP contribution in [0.3, 0.4) is 0 Å². The van der Waals surface area contributed by atoms with Gasteiger partial charge in [0.1, 0.15) is 5.82 Å². The van der Waals surface area contributed by atoms with Crippen LogP contribution in [-0.4, -0.2) is 9.55 Å². The molecule has 8 aromatic carbocycles. The summed E-state index contributed by atoms with van der Waals surface area (Å²) in [7, 11) is 0. The van der Waals surface area contributed by atoms with Crippen molar-refractivity contribution in [2.75, 3.05) is 0 Å². The lowest BCUT2D eigenvalue weighted by Crippen LogP contribution is -2.10. The Hall–Kier alpha value is -6.51. The summed E-state index contributed by atoms with van der Waals surface area (Å²) in [5.74, 6) is 1.01. The van der Waals surface area contributed by atoms with E-state index in [9.17, 15) is 0 Å². The number of hydrogen-bond donors (Lipinski definition) is 0. The Morgan fingerprint density at radius 3 is 1.86 bits per heavy atom. The highest BCUT2D eigenvalue weighted by Gasteiger charge is 2.22. The van der Waals surface area contributed by atoms with E-state index < -0.39 is 0 Å². The van der Waals surface area contributed by atoms with Crippen LogP contribution in [-0.2, 0) is 0 Å². The maximum atomic E-state index is 5.09. The molecule has 51 heavy (non-hydrogen) atoms. The smallest absolute Gasteiger partial charge is 0.141 e. The standard InChI is InChI=1S/C49H34N2/c1-3-14-35(15-4-1)47-41-19-9-10-20-42(41)48(39-24-23-33-13-7-8-18-37(33)31-39)43-30-27-38(32-44(43)47)34-25-28-40(29-26-34)51-46-22-12-11-21-45(46)50-49(51)36-16-5-2-6-17-36/h1-28,30-32,40H,29H2. The fraction of sp³-hybridized carbons (Fsp3) is 0.0408. The minimum absolute atomic E-state index is 0.167. The first kappa shape index (κ1) is 29.4. The van der Waals surface area contributed by atoms with Crippen LogP contribution in [0.5, 0.6) is 0 Å². The zero-order valence-corrected chi connectivity index (χ0v) is 28.1. The molecule has 0 amide bonds. The van der Waals surface area contributed by atoms with Gasteiger partial charge in [0.05, 0.1) is 17.1 Å². The summed E-state index contributed by atoms with van der Waals surface area (Å²) in [5.41, 5.74) is 10.8. The topological polar surface area (TPSA) is 17.8 Å². The summed E-state index contributed by atoms with van der Waals surface area (Å²) in [4.78, 5) is 5.09. The van der Waals surface area contributed by atoms with Crippen LogP contribution in [0.1, 0.15) is 18.0 Å². The third-order valence-electron chi connectivity index (χ3n) is 10.5. The predicted octanol–water partition coefficient (Wildman–Crippen LogP) is 13.1. The van der Waals surface area contributed by atoms with Gasteiger partial charge in [-0.2, -0.15) is 0 Å². The Morgan fingerprint density at radius 2 is 1.10 bits per heavy atom. The van der Waals surface area contributed by atoms with Crippen molar-refractivity contribution in [1.29, 1.82) is 0 Å². The second kappa shape index (κ2) is 12.1. The molecule has 240 valence electrons. The van der Waals surface area contributed by atoms with E-state index in [1.165, 1.54) is 65.7 Å². The second-order valence-electron chi connectivity index (χ2n) is 13.5. The van der Waals surface area contributed by atoms with Crippen molar-refractivity contribution in [2.24, 2.45) is 0 Å². The SMILES string of the molecule is C1=CC(n2c(-c3ccccc3)nc3ccccc32)CC=C1c1ccc2c(-c3ccc4ccccc4c3)c3ccccc3c(-c3ccccc3)c2c1. The lowest BCUT2D eigenvalue weighted by molar-refractivity contribution is 0.632. The maximum Gasteiger partial charge on any atom is 0.141 e. The van der Waals surface area contributed by atoms with Gasteiger partial charge in [-0.05, 0) is 96.4 Å². The minimum Gasteiger partial charge on any atom is -0.317 e. The average molecular weight is 651 g/mol. The molecular weight excluding hydrogens is 617 g/mol. The summed E-state index contributed by atoms with van der Waals surface area (Å²) in [6.07, 6.45) is 7.96. The number of para-hydroxylation sites is 2. The molecule has 0 saturated heterocycles. The highest BCUT2D eigenvalue weighted by Crippen LogP contribution is 2.45. The highest BCUT2D eigenvalue weighted by molar-refractivity contribution is 6.22. The fourth-order valence-corrected chi connectivity index (χ4v) is 8.12. The highest BCUT2D eigenvalue weighted by atomic mass is 15.1. The van der Waals surface area contributed by atoms with Gasteiger partial charge >= 0.3 is 0 Å². The molecule has 0 fully saturated rings. The normalized spacial score (nSPS) is 14.4. The van der Waals surface area contributed by atoms with E-state index in [0.717, 1.165) is 28.8 Å². The van der Waals surface area contributed by atoms with Gasteiger partial charge in [-0.25, -0.2) is 4.98 Å². The number of fused-ring (bicyclic) bond motifs is 4. The molecule has 9 aromatic rings. The van der Waals surface area contributed by atoms with E-state index >= 15 is 0 Å². The molecule has 1 aliphatic carbocycles. The van der Waals surface area contributed by atoms with Crippen molar-refractivity contribution in [1.82, 2.24) is 9.55 Å². The number of allylic oxidation sites excluding steroid dienone is 4. The van der Waals surface area contributed by atoms with Gasteiger partial charge < -0.3 is 4.57 Å². The Balaban J connectivity index is 1.13.